The molecule has 13 heavy (non-hydrogen) atoms. The highest BCUT2D eigenvalue weighted by atomic mass is 19.4. The maximum Gasteiger partial charge on any atom is 0.454 e. The van der Waals surface area contributed by atoms with Crippen LogP contribution in [-0.2, 0) is 4.74 Å². The average Bonchev–Trinajstić information content (AvgIpc) is 2.34. The van der Waals surface area contributed by atoms with Crippen molar-refractivity contribution in [1.82, 2.24) is 0 Å². The Kier molecular flexibility index (Phi) is 1.68. The second-order valence-corrected chi connectivity index (χ2v) is 2.34. The molecule has 9 heteroatoms. The normalized spacial score (nSPS) is 40.6. The third kappa shape index (κ3) is 1.10. The van der Waals surface area contributed by atoms with Gasteiger partial charge in [-0.05, 0) is 0 Å². The first kappa shape index (κ1) is 10.5. The van der Waals surface area contributed by atoms with Crippen LogP contribution in [0.3, 0.4) is 0 Å². The van der Waals surface area contributed by atoms with Crippen molar-refractivity contribution >= 4 is 0 Å². The number of alkyl halides is 7. The lowest BCUT2D eigenvalue weighted by molar-refractivity contribution is -0.278. The fraction of sp³-hybridized carbons (Fsp3) is 1.00. The van der Waals surface area contributed by atoms with Gasteiger partial charge in [-0.1, -0.05) is 0 Å². The molecule has 1 aliphatic rings. The number of ether oxygens (including phenoxy) is 1. The Hall–Kier alpha value is -0.570. The predicted octanol–water partition coefficient (Wildman–Crippen LogP) is 1.50. The largest absolute Gasteiger partial charge is 0.454 e. The number of hydrogen-bond donors (Lipinski definition) is 1. The highest BCUT2D eigenvalue weighted by Crippen LogP contribution is 2.63. The predicted molar refractivity (Wildman–Crippen MR) is 22.0 cm³/mol. The summed E-state index contributed by atoms with van der Waals surface area (Å²) in [6.45, 7) is 0. The molecular weight excluding hydrogens is 213 g/mol. The van der Waals surface area contributed by atoms with Crippen molar-refractivity contribution in [2.24, 2.45) is 0 Å². The zero-order valence-electron chi connectivity index (χ0n) is 5.50. The highest BCUT2D eigenvalue weighted by molar-refractivity contribution is 5.10. The Morgan fingerprint density at radius 2 is 1.31 bits per heavy atom. The highest BCUT2D eigenvalue weighted by Gasteiger charge is 2.95. The van der Waals surface area contributed by atoms with Crippen molar-refractivity contribution < 1.29 is 40.6 Å². The van der Waals surface area contributed by atoms with Crippen LogP contribution in [0.15, 0.2) is 0 Å². The van der Waals surface area contributed by atoms with Gasteiger partial charge in [-0.15, -0.1) is 0 Å². The lowest BCUT2D eigenvalue weighted by Crippen LogP contribution is -2.45. The molecule has 0 radical (unpaired) electrons. The van der Waals surface area contributed by atoms with Crippen molar-refractivity contribution in [3.63, 3.8) is 0 Å². The monoisotopic (exact) mass is 214 g/mol. The summed E-state index contributed by atoms with van der Waals surface area (Å²) in [6, 6.07) is 0. The second kappa shape index (κ2) is 2.08. The number of epoxide rings is 1. The van der Waals surface area contributed by atoms with Crippen molar-refractivity contribution in [3.05, 3.63) is 0 Å². The van der Waals surface area contributed by atoms with Crippen molar-refractivity contribution in [1.29, 1.82) is 0 Å². The van der Waals surface area contributed by atoms with E-state index < -0.39 is 24.0 Å². The van der Waals surface area contributed by atoms with Gasteiger partial charge in [0.2, 0.25) is 0 Å². The van der Waals surface area contributed by atoms with Gasteiger partial charge in [0.1, 0.15) is 0 Å². The van der Waals surface area contributed by atoms with E-state index in [1.807, 2.05) is 0 Å². The van der Waals surface area contributed by atoms with Crippen LogP contribution in [0.4, 0.5) is 30.7 Å². The van der Waals surface area contributed by atoms with Crippen LogP contribution < -0.4 is 0 Å². The maximum absolute atomic E-state index is 12.2. The van der Waals surface area contributed by atoms with E-state index in [-0.39, 0.29) is 0 Å². The van der Waals surface area contributed by atoms with E-state index in [0.717, 1.165) is 0 Å². The van der Waals surface area contributed by atoms with Crippen LogP contribution in [0.5, 0.6) is 0 Å². The molecule has 0 spiro atoms. The molecule has 0 aliphatic carbocycles. The summed E-state index contributed by atoms with van der Waals surface area (Å²) in [5.41, 5.74) is 0. The van der Waals surface area contributed by atoms with Crippen molar-refractivity contribution in [2.45, 2.75) is 24.0 Å². The molecule has 0 unspecified atom stereocenters. The Labute approximate surface area is 65.9 Å². The molecule has 1 saturated heterocycles. The van der Waals surface area contributed by atoms with Crippen LogP contribution in [0, 0.1) is 0 Å². The molecule has 0 bridgehead atoms. The van der Waals surface area contributed by atoms with Crippen molar-refractivity contribution in [3.8, 4) is 0 Å². The molecule has 1 fully saturated rings. The van der Waals surface area contributed by atoms with Gasteiger partial charge < -0.3 is 5.11 Å². The summed E-state index contributed by atoms with van der Waals surface area (Å²) in [6.07, 6.45) is -11.7. The van der Waals surface area contributed by atoms with Gasteiger partial charge in [0.05, 0.1) is 0 Å². The van der Waals surface area contributed by atoms with E-state index in [0.29, 0.717) is 0 Å². The Bertz CT molecular complexity index is 208. The van der Waals surface area contributed by atoms with E-state index in [4.69, 9.17) is 5.11 Å². The van der Waals surface area contributed by atoms with Crippen LogP contribution in [0.1, 0.15) is 0 Å². The quantitative estimate of drug-likeness (QED) is 0.489. The molecule has 1 rings (SSSR count). The Morgan fingerprint density at radius 3 is 1.38 bits per heavy atom. The SMILES string of the molecule is O[C@]1(C(F)(F)F)O[C@]1(F)C(F)(F)F. The van der Waals surface area contributed by atoms with Crippen LogP contribution in [0.2, 0.25) is 0 Å². The molecule has 0 aromatic heterocycles. The Balaban J connectivity index is 2.95. The fourth-order valence-electron chi connectivity index (χ4n) is 0.668. The molecule has 1 N–H and O–H groups in total. The van der Waals surface area contributed by atoms with Crippen LogP contribution in [-0.4, -0.2) is 29.1 Å². The second-order valence-electron chi connectivity index (χ2n) is 2.34. The van der Waals surface area contributed by atoms with E-state index in [1.165, 1.54) is 0 Å². The molecule has 2 nitrogen and oxygen atoms in total. The van der Waals surface area contributed by atoms with Gasteiger partial charge in [0.25, 0.3) is 0 Å². The Morgan fingerprint density at radius 1 is 0.923 bits per heavy atom. The minimum atomic E-state index is -5.92. The molecule has 78 valence electrons. The third-order valence-corrected chi connectivity index (χ3v) is 1.43. The molecule has 0 saturated carbocycles. The zero-order chi connectivity index (χ0) is 10.7. The first-order valence-corrected chi connectivity index (χ1v) is 2.70. The minimum Gasteiger partial charge on any atom is -0.354 e. The van der Waals surface area contributed by atoms with Crippen molar-refractivity contribution in [2.75, 3.05) is 0 Å². The minimum absolute atomic E-state index is 2.66. The molecular formula is C4HF7O2. The van der Waals surface area contributed by atoms with Crippen LogP contribution in [0.25, 0.3) is 0 Å². The first-order chi connectivity index (χ1) is 5.46. The molecule has 2 atom stereocenters. The standard InChI is InChI=1S/C4HF7O2/c5-1(3(6,7)8)2(12,13-1)4(9,10)11/h12H/t1-,2-/m0/s1. The van der Waals surface area contributed by atoms with Gasteiger partial charge in [0.15, 0.2) is 0 Å². The number of hydrogen-bond acceptors (Lipinski definition) is 2. The van der Waals surface area contributed by atoms with Gasteiger partial charge in [0, 0.05) is 0 Å². The van der Waals surface area contributed by atoms with E-state index in [1.54, 1.807) is 0 Å². The van der Waals surface area contributed by atoms with E-state index in [9.17, 15) is 30.7 Å². The topological polar surface area (TPSA) is 32.8 Å². The molecule has 0 aromatic carbocycles. The average molecular weight is 214 g/mol. The summed E-state index contributed by atoms with van der Waals surface area (Å²) in [4.78, 5) is 0. The number of aliphatic hydroxyl groups is 1. The van der Waals surface area contributed by atoms with Crippen LogP contribution >= 0.6 is 0 Å². The fourth-order valence-corrected chi connectivity index (χ4v) is 0.668. The lowest BCUT2D eigenvalue weighted by atomic mass is 10.2. The summed E-state index contributed by atoms with van der Waals surface area (Å²) < 4.78 is 84.0. The smallest absolute Gasteiger partial charge is 0.354 e. The summed E-state index contributed by atoms with van der Waals surface area (Å²) in [7, 11) is 0. The lowest BCUT2D eigenvalue weighted by Gasteiger charge is -2.13. The summed E-state index contributed by atoms with van der Waals surface area (Å²) in [5.74, 6) is -9.81. The van der Waals surface area contributed by atoms with Gasteiger partial charge in [-0.2, -0.15) is 30.7 Å². The first-order valence-electron chi connectivity index (χ1n) is 2.70. The maximum atomic E-state index is 12.2. The number of halogens is 7. The molecule has 1 aliphatic heterocycles. The van der Waals surface area contributed by atoms with Gasteiger partial charge in [-0.25, -0.2) is 0 Å². The van der Waals surface area contributed by atoms with E-state index in [2.05, 4.69) is 4.74 Å². The molecule has 0 amide bonds. The summed E-state index contributed by atoms with van der Waals surface area (Å²) >= 11 is 0. The van der Waals surface area contributed by atoms with Gasteiger partial charge >= 0.3 is 24.0 Å². The number of rotatable bonds is 0. The molecule has 1 heterocycles. The van der Waals surface area contributed by atoms with E-state index >= 15 is 0 Å². The summed E-state index contributed by atoms with van der Waals surface area (Å²) in [5, 5.41) is 8.08. The molecule has 0 aromatic rings. The zero-order valence-corrected chi connectivity index (χ0v) is 5.50. The third-order valence-electron chi connectivity index (χ3n) is 1.43. The van der Waals surface area contributed by atoms with Gasteiger partial charge in [-0.3, -0.25) is 4.74 Å².